The van der Waals surface area contributed by atoms with Crippen LogP contribution in [0.3, 0.4) is 0 Å². The largest absolute Gasteiger partial charge is 0.466 e. The summed E-state index contributed by atoms with van der Waals surface area (Å²) >= 11 is 0. The van der Waals surface area contributed by atoms with Crippen LogP contribution in [0.5, 0.6) is 0 Å². The summed E-state index contributed by atoms with van der Waals surface area (Å²) in [6.07, 6.45) is 1.86. The second kappa shape index (κ2) is 11.7. The van der Waals surface area contributed by atoms with Gasteiger partial charge in [-0.3, -0.25) is 14.4 Å². The fourth-order valence-electron chi connectivity index (χ4n) is 4.64. The molecule has 0 spiro atoms. The third-order valence-corrected chi connectivity index (χ3v) is 6.50. The molecule has 1 fully saturated rings. The molecule has 3 rings (SSSR count). The zero-order valence-corrected chi connectivity index (χ0v) is 20.6. The van der Waals surface area contributed by atoms with Crippen molar-refractivity contribution in [1.29, 1.82) is 5.26 Å². The molecule has 0 aliphatic carbocycles. The van der Waals surface area contributed by atoms with Crippen molar-refractivity contribution in [1.82, 2.24) is 10.2 Å². The summed E-state index contributed by atoms with van der Waals surface area (Å²) in [5.74, 6) is -0.923. The van der Waals surface area contributed by atoms with Crippen molar-refractivity contribution in [2.24, 2.45) is 5.92 Å². The highest BCUT2D eigenvalue weighted by atomic mass is 16.5. The van der Waals surface area contributed by atoms with Gasteiger partial charge in [0.05, 0.1) is 29.7 Å². The lowest BCUT2D eigenvalue weighted by Gasteiger charge is -2.40. The first kappa shape index (κ1) is 26.0. The number of nitrogens with one attached hydrogen (secondary N) is 1. The van der Waals surface area contributed by atoms with Crippen LogP contribution in [-0.2, 0) is 14.3 Å². The average molecular weight is 476 g/mol. The molecule has 1 unspecified atom stereocenters. The molecule has 2 aromatic carbocycles. The van der Waals surface area contributed by atoms with Gasteiger partial charge in [0.2, 0.25) is 5.91 Å². The number of nitrogens with zero attached hydrogens (tertiary/aromatic N) is 2. The Bertz CT molecular complexity index is 1070. The Balaban J connectivity index is 1.76. The van der Waals surface area contributed by atoms with Gasteiger partial charge in [-0.05, 0) is 69.4 Å². The molecular formula is C28H33N3O4. The van der Waals surface area contributed by atoms with E-state index in [1.807, 2.05) is 55.1 Å². The fraction of sp³-hybridized carbons (Fsp3) is 0.429. The van der Waals surface area contributed by atoms with Crippen LogP contribution in [0.4, 0.5) is 0 Å². The van der Waals surface area contributed by atoms with Gasteiger partial charge in [0.25, 0.3) is 5.91 Å². The zero-order valence-electron chi connectivity index (χ0n) is 20.6. The lowest BCUT2D eigenvalue weighted by molar-refractivity contribution is -0.144. The Hall–Kier alpha value is -3.66. The molecule has 1 atom stereocenters. The minimum absolute atomic E-state index is 0.0455. The van der Waals surface area contributed by atoms with Crippen LogP contribution in [0.1, 0.15) is 67.4 Å². The van der Waals surface area contributed by atoms with Gasteiger partial charge in [0.1, 0.15) is 0 Å². The summed E-state index contributed by atoms with van der Waals surface area (Å²) in [5, 5.41) is 12.1. The van der Waals surface area contributed by atoms with E-state index in [1.54, 1.807) is 31.2 Å². The highest BCUT2D eigenvalue weighted by Gasteiger charge is 2.41. The van der Waals surface area contributed by atoms with Crippen LogP contribution in [0, 0.1) is 17.2 Å². The number of esters is 1. The standard InChI is InChI=1S/C28H33N3O4/c1-4-35-24(32)18-20-14-16-31(17-15-20)27(34)25(22-8-6-5-7-9-22)28(2,3)30-26(33)23-12-10-21(19-29)11-13-23/h5-13,20,25H,4,14-18H2,1-3H3,(H,30,33). The van der Waals surface area contributed by atoms with Gasteiger partial charge in [-0.2, -0.15) is 5.26 Å². The molecule has 2 amide bonds. The monoisotopic (exact) mass is 475 g/mol. The van der Waals surface area contributed by atoms with E-state index in [0.29, 0.717) is 37.2 Å². The Labute approximate surface area is 207 Å². The lowest BCUT2D eigenvalue weighted by Crippen LogP contribution is -2.54. The molecule has 1 saturated heterocycles. The number of likely N-dealkylation sites (tertiary alicyclic amines) is 1. The molecular weight excluding hydrogens is 442 g/mol. The summed E-state index contributed by atoms with van der Waals surface area (Å²) in [4.78, 5) is 40.5. The first-order chi connectivity index (χ1) is 16.7. The Morgan fingerprint density at radius 1 is 1.09 bits per heavy atom. The Kier molecular flexibility index (Phi) is 8.64. The van der Waals surface area contributed by atoms with Crippen LogP contribution >= 0.6 is 0 Å². The number of nitriles is 1. The van der Waals surface area contributed by atoms with E-state index in [0.717, 1.165) is 18.4 Å². The van der Waals surface area contributed by atoms with Gasteiger partial charge in [-0.1, -0.05) is 30.3 Å². The van der Waals surface area contributed by atoms with Crippen LogP contribution in [0.25, 0.3) is 0 Å². The van der Waals surface area contributed by atoms with E-state index in [2.05, 4.69) is 5.32 Å². The predicted molar refractivity (Wildman–Crippen MR) is 132 cm³/mol. The SMILES string of the molecule is CCOC(=O)CC1CCN(C(=O)C(c2ccccc2)C(C)(C)NC(=O)c2ccc(C#N)cc2)CC1. The Morgan fingerprint density at radius 3 is 2.29 bits per heavy atom. The molecule has 2 aromatic rings. The first-order valence-corrected chi connectivity index (χ1v) is 12.1. The van der Waals surface area contributed by atoms with E-state index < -0.39 is 11.5 Å². The topological polar surface area (TPSA) is 99.5 Å². The molecule has 7 nitrogen and oxygen atoms in total. The predicted octanol–water partition coefficient (Wildman–Crippen LogP) is 4.04. The normalized spacial score (nSPS) is 15.1. The molecule has 1 N–H and O–H groups in total. The molecule has 1 aliphatic rings. The highest BCUT2D eigenvalue weighted by Crippen LogP contribution is 2.33. The molecule has 35 heavy (non-hydrogen) atoms. The number of carbonyl (C=O) groups is 3. The molecule has 0 aromatic heterocycles. The van der Waals surface area contributed by atoms with Crippen molar-refractivity contribution in [3.05, 3.63) is 71.3 Å². The van der Waals surface area contributed by atoms with Gasteiger partial charge in [-0.15, -0.1) is 0 Å². The first-order valence-electron chi connectivity index (χ1n) is 12.1. The summed E-state index contributed by atoms with van der Waals surface area (Å²) < 4.78 is 5.07. The number of amides is 2. The number of rotatable bonds is 8. The van der Waals surface area contributed by atoms with Crippen LogP contribution in [0.2, 0.25) is 0 Å². The molecule has 7 heteroatoms. The number of hydrogen-bond acceptors (Lipinski definition) is 5. The van der Waals surface area contributed by atoms with E-state index in [1.165, 1.54) is 0 Å². The maximum absolute atomic E-state index is 13.8. The van der Waals surface area contributed by atoms with E-state index in [4.69, 9.17) is 10.00 Å². The average Bonchev–Trinajstić information content (AvgIpc) is 2.85. The van der Waals surface area contributed by atoms with Crippen molar-refractivity contribution in [2.75, 3.05) is 19.7 Å². The second-order valence-corrected chi connectivity index (χ2v) is 9.49. The van der Waals surface area contributed by atoms with Crippen molar-refractivity contribution < 1.29 is 19.1 Å². The molecule has 1 heterocycles. The molecule has 184 valence electrons. The van der Waals surface area contributed by atoms with Gasteiger partial charge in [-0.25, -0.2) is 0 Å². The van der Waals surface area contributed by atoms with Gasteiger partial charge in [0.15, 0.2) is 0 Å². The van der Waals surface area contributed by atoms with Gasteiger partial charge in [0, 0.05) is 25.1 Å². The summed E-state index contributed by atoms with van der Waals surface area (Å²) in [6.45, 7) is 7.01. The fourth-order valence-corrected chi connectivity index (χ4v) is 4.64. The van der Waals surface area contributed by atoms with E-state index in [9.17, 15) is 14.4 Å². The van der Waals surface area contributed by atoms with E-state index in [-0.39, 0.29) is 23.7 Å². The quantitative estimate of drug-likeness (QED) is 0.581. The Morgan fingerprint density at radius 2 is 1.71 bits per heavy atom. The third kappa shape index (κ3) is 6.69. The summed E-state index contributed by atoms with van der Waals surface area (Å²) in [6, 6.07) is 18.0. The highest BCUT2D eigenvalue weighted by molar-refractivity contribution is 5.96. The second-order valence-electron chi connectivity index (χ2n) is 9.49. The maximum atomic E-state index is 13.8. The van der Waals surface area contributed by atoms with E-state index >= 15 is 0 Å². The number of benzene rings is 2. The van der Waals surface area contributed by atoms with Crippen molar-refractivity contribution in [3.63, 3.8) is 0 Å². The van der Waals surface area contributed by atoms with Crippen molar-refractivity contribution in [2.45, 2.75) is 51.5 Å². The summed E-state index contributed by atoms with van der Waals surface area (Å²) in [7, 11) is 0. The minimum Gasteiger partial charge on any atom is -0.466 e. The van der Waals surface area contributed by atoms with Crippen molar-refractivity contribution in [3.8, 4) is 6.07 Å². The van der Waals surface area contributed by atoms with Crippen LogP contribution in [0.15, 0.2) is 54.6 Å². The zero-order chi connectivity index (χ0) is 25.4. The molecule has 0 saturated carbocycles. The number of hydrogen-bond donors (Lipinski definition) is 1. The van der Waals surface area contributed by atoms with Gasteiger partial charge >= 0.3 is 5.97 Å². The van der Waals surface area contributed by atoms with Crippen LogP contribution < -0.4 is 5.32 Å². The minimum atomic E-state index is -0.884. The number of carbonyl (C=O) groups excluding carboxylic acids is 3. The maximum Gasteiger partial charge on any atom is 0.306 e. The molecule has 1 aliphatic heterocycles. The molecule has 0 radical (unpaired) electrons. The lowest BCUT2D eigenvalue weighted by atomic mass is 9.79. The smallest absolute Gasteiger partial charge is 0.306 e. The van der Waals surface area contributed by atoms with Crippen molar-refractivity contribution >= 4 is 17.8 Å². The van der Waals surface area contributed by atoms with Crippen LogP contribution in [-0.4, -0.2) is 47.9 Å². The summed E-state index contributed by atoms with van der Waals surface area (Å²) in [5.41, 5.74) is 0.850. The molecule has 0 bridgehead atoms. The van der Waals surface area contributed by atoms with Gasteiger partial charge < -0.3 is 15.0 Å². The number of piperidine rings is 1. The number of ether oxygens (including phenoxy) is 1. The third-order valence-electron chi connectivity index (χ3n) is 6.50.